The minimum absolute atomic E-state index is 0.180. The summed E-state index contributed by atoms with van der Waals surface area (Å²) < 4.78 is 5.56. The van der Waals surface area contributed by atoms with Crippen LogP contribution in [0.1, 0.15) is 42.4 Å². The lowest BCUT2D eigenvalue weighted by Crippen LogP contribution is -2.53. The van der Waals surface area contributed by atoms with Gasteiger partial charge in [0, 0.05) is 18.3 Å². The molecule has 19 heavy (non-hydrogen) atoms. The molecular formula is C17H22O2. The number of Topliss-reactive ketones (excluding diaryl/α,β-unsaturated/α-hetero) is 1. The maximum absolute atomic E-state index is 11.4. The molecule has 0 radical (unpaired) electrons. The van der Waals surface area contributed by atoms with E-state index in [1.165, 1.54) is 16.7 Å². The molecule has 1 aliphatic carbocycles. The molecule has 2 nitrogen and oxygen atoms in total. The fourth-order valence-corrected chi connectivity index (χ4v) is 3.50. The third-order valence-electron chi connectivity index (χ3n) is 5.13. The molecule has 0 spiro atoms. The van der Waals surface area contributed by atoms with Crippen LogP contribution in [-0.4, -0.2) is 19.0 Å². The molecule has 1 aromatic carbocycles. The lowest BCUT2D eigenvalue weighted by atomic mass is 9.63. The molecule has 2 fully saturated rings. The van der Waals surface area contributed by atoms with Gasteiger partial charge in [0.15, 0.2) is 0 Å². The van der Waals surface area contributed by atoms with Crippen molar-refractivity contribution in [1.82, 2.24) is 0 Å². The van der Waals surface area contributed by atoms with Gasteiger partial charge in [-0.25, -0.2) is 0 Å². The zero-order valence-electron chi connectivity index (χ0n) is 11.9. The van der Waals surface area contributed by atoms with Crippen LogP contribution in [0.25, 0.3) is 0 Å². The predicted octanol–water partition coefficient (Wildman–Crippen LogP) is 3.33. The van der Waals surface area contributed by atoms with Gasteiger partial charge in [0.1, 0.15) is 5.78 Å². The number of benzene rings is 1. The topological polar surface area (TPSA) is 26.3 Å². The number of hydrogen-bond acceptors (Lipinski definition) is 2. The van der Waals surface area contributed by atoms with Crippen molar-refractivity contribution in [3.63, 3.8) is 0 Å². The average Bonchev–Trinajstić information content (AvgIpc) is 2.34. The van der Waals surface area contributed by atoms with Crippen molar-refractivity contribution >= 4 is 5.78 Å². The van der Waals surface area contributed by atoms with Gasteiger partial charge >= 0.3 is 0 Å². The maximum Gasteiger partial charge on any atom is 0.132 e. The second kappa shape index (κ2) is 4.75. The van der Waals surface area contributed by atoms with E-state index in [-0.39, 0.29) is 5.41 Å². The third-order valence-corrected chi connectivity index (χ3v) is 5.13. The van der Waals surface area contributed by atoms with Crippen LogP contribution in [0.15, 0.2) is 18.2 Å². The molecule has 2 heteroatoms. The van der Waals surface area contributed by atoms with Gasteiger partial charge in [-0.3, -0.25) is 4.79 Å². The number of ketones is 1. The molecule has 102 valence electrons. The molecule has 0 amide bonds. The Labute approximate surface area is 115 Å². The Hall–Kier alpha value is -1.15. The Balaban J connectivity index is 1.90. The molecule has 0 N–H and O–H groups in total. The smallest absolute Gasteiger partial charge is 0.132 e. The second-order valence-corrected chi connectivity index (χ2v) is 6.26. The van der Waals surface area contributed by atoms with E-state index >= 15 is 0 Å². The molecule has 2 aliphatic rings. The molecule has 1 saturated heterocycles. The summed E-state index contributed by atoms with van der Waals surface area (Å²) in [6.07, 6.45) is 3.60. The van der Waals surface area contributed by atoms with E-state index in [0.29, 0.717) is 11.7 Å². The summed E-state index contributed by atoms with van der Waals surface area (Å²) in [6.45, 7) is 5.99. The predicted molar refractivity (Wildman–Crippen MR) is 75.4 cm³/mol. The first-order valence-corrected chi connectivity index (χ1v) is 7.29. The SMILES string of the molecule is Cc1ccc(C2(C3CCC(=O)CC3)COC2)cc1C. The highest BCUT2D eigenvalue weighted by atomic mass is 16.5. The summed E-state index contributed by atoms with van der Waals surface area (Å²) in [5.74, 6) is 1.05. The molecule has 0 aromatic heterocycles. The minimum atomic E-state index is 0.180. The molecule has 0 atom stereocenters. The van der Waals surface area contributed by atoms with Gasteiger partial charge in [0.2, 0.25) is 0 Å². The molecule has 3 rings (SSSR count). The van der Waals surface area contributed by atoms with Crippen molar-refractivity contribution in [2.24, 2.45) is 5.92 Å². The Bertz CT molecular complexity index is 490. The van der Waals surface area contributed by atoms with Crippen LogP contribution in [-0.2, 0) is 14.9 Å². The number of ether oxygens (including phenoxy) is 1. The van der Waals surface area contributed by atoms with E-state index in [0.717, 1.165) is 38.9 Å². The van der Waals surface area contributed by atoms with Crippen molar-refractivity contribution in [2.45, 2.75) is 44.9 Å². The van der Waals surface area contributed by atoms with E-state index in [9.17, 15) is 4.79 Å². The second-order valence-electron chi connectivity index (χ2n) is 6.26. The first kappa shape index (κ1) is 12.9. The summed E-state index contributed by atoms with van der Waals surface area (Å²) in [5, 5.41) is 0. The highest BCUT2D eigenvalue weighted by molar-refractivity contribution is 5.79. The van der Waals surface area contributed by atoms with Gasteiger partial charge in [0.05, 0.1) is 13.2 Å². The van der Waals surface area contributed by atoms with E-state index in [2.05, 4.69) is 32.0 Å². The largest absolute Gasteiger partial charge is 0.379 e. The number of hydrogen-bond donors (Lipinski definition) is 0. The van der Waals surface area contributed by atoms with Gasteiger partial charge in [-0.1, -0.05) is 18.2 Å². The molecular weight excluding hydrogens is 236 g/mol. The highest BCUT2D eigenvalue weighted by Gasteiger charge is 2.47. The van der Waals surface area contributed by atoms with Crippen molar-refractivity contribution in [3.05, 3.63) is 34.9 Å². The number of rotatable bonds is 2. The number of carbonyl (C=O) groups is 1. The summed E-state index contributed by atoms with van der Waals surface area (Å²) in [6, 6.07) is 6.81. The summed E-state index contributed by atoms with van der Waals surface area (Å²) in [4.78, 5) is 11.4. The van der Waals surface area contributed by atoms with Gasteiger partial charge in [0.25, 0.3) is 0 Å². The first-order valence-electron chi connectivity index (χ1n) is 7.29. The quantitative estimate of drug-likeness (QED) is 0.813. The first-order chi connectivity index (χ1) is 9.12. The summed E-state index contributed by atoms with van der Waals surface area (Å²) in [7, 11) is 0. The summed E-state index contributed by atoms with van der Waals surface area (Å²) in [5.41, 5.74) is 4.30. The fourth-order valence-electron chi connectivity index (χ4n) is 3.50. The molecule has 1 aromatic rings. The lowest BCUT2D eigenvalue weighted by Gasteiger charge is -2.49. The monoisotopic (exact) mass is 258 g/mol. The third kappa shape index (κ3) is 2.12. The van der Waals surface area contributed by atoms with Crippen molar-refractivity contribution < 1.29 is 9.53 Å². The fraction of sp³-hybridized carbons (Fsp3) is 0.588. The zero-order chi connectivity index (χ0) is 13.5. The zero-order valence-corrected chi connectivity index (χ0v) is 11.9. The molecule has 1 saturated carbocycles. The van der Waals surface area contributed by atoms with Gasteiger partial charge in [-0.05, 0) is 49.3 Å². The molecule has 0 unspecified atom stereocenters. The Morgan fingerprint density at radius 3 is 2.32 bits per heavy atom. The Kier molecular flexibility index (Phi) is 3.22. The van der Waals surface area contributed by atoms with Gasteiger partial charge in [-0.2, -0.15) is 0 Å². The number of aryl methyl sites for hydroxylation is 2. The van der Waals surface area contributed by atoms with E-state index in [1.807, 2.05) is 0 Å². The van der Waals surface area contributed by atoms with Crippen LogP contribution >= 0.6 is 0 Å². The highest BCUT2D eigenvalue weighted by Crippen LogP contribution is 2.45. The van der Waals surface area contributed by atoms with E-state index in [1.54, 1.807) is 0 Å². The molecule has 1 aliphatic heterocycles. The van der Waals surface area contributed by atoms with Crippen LogP contribution < -0.4 is 0 Å². The Morgan fingerprint density at radius 1 is 1.11 bits per heavy atom. The molecule has 0 bridgehead atoms. The lowest BCUT2D eigenvalue weighted by molar-refractivity contribution is -0.127. The van der Waals surface area contributed by atoms with Crippen LogP contribution in [0.4, 0.5) is 0 Å². The normalized spacial score (nSPS) is 23.2. The van der Waals surface area contributed by atoms with Crippen LogP contribution in [0.5, 0.6) is 0 Å². The average molecular weight is 258 g/mol. The molecule has 1 heterocycles. The van der Waals surface area contributed by atoms with Crippen molar-refractivity contribution in [1.29, 1.82) is 0 Å². The van der Waals surface area contributed by atoms with Gasteiger partial charge in [-0.15, -0.1) is 0 Å². The van der Waals surface area contributed by atoms with E-state index < -0.39 is 0 Å². The number of carbonyl (C=O) groups excluding carboxylic acids is 1. The minimum Gasteiger partial charge on any atom is -0.379 e. The van der Waals surface area contributed by atoms with Crippen LogP contribution in [0.2, 0.25) is 0 Å². The standard InChI is InChI=1S/C17H22O2/c1-12-3-4-15(9-13(12)2)17(10-19-11-17)14-5-7-16(18)8-6-14/h3-4,9,14H,5-8,10-11H2,1-2H3. The Morgan fingerprint density at radius 2 is 1.79 bits per heavy atom. The van der Waals surface area contributed by atoms with Crippen LogP contribution in [0.3, 0.4) is 0 Å². The van der Waals surface area contributed by atoms with E-state index in [4.69, 9.17) is 4.74 Å². The summed E-state index contributed by atoms with van der Waals surface area (Å²) >= 11 is 0. The van der Waals surface area contributed by atoms with Crippen molar-refractivity contribution in [3.8, 4) is 0 Å². The van der Waals surface area contributed by atoms with Crippen molar-refractivity contribution in [2.75, 3.05) is 13.2 Å². The van der Waals surface area contributed by atoms with Gasteiger partial charge < -0.3 is 4.74 Å². The van der Waals surface area contributed by atoms with Crippen LogP contribution in [0, 0.1) is 19.8 Å². The maximum atomic E-state index is 11.4.